The second-order valence-corrected chi connectivity index (χ2v) is 5.17. The molecule has 106 valence electrons. The second kappa shape index (κ2) is 5.68. The molecule has 1 aliphatic rings. The Kier molecular flexibility index (Phi) is 3.75. The molecule has 1 atom stereocenters. The van der Waals surface area contributed by atoms with Crippen LogP contribution in [0, 0.1) is 13.8 Å². The molecule has 6 nitrogen and oxygen atoms in total. The zero-order valence-electron chi connectivity index (χ0n) is 11.8. The summed E-state index contributed by atoms with van der Waals surface area (Å²) in [6.45, 7) is 7.35. The number of aromatic amines is 1. The van der Waals surface area contributed by atoms with Crippen LogP contribution in [0.4, 0.5) is 0 Å². The molecule has 0 aliphatic carbocycles. The Morgan fingerprint density at radius 3 is 3.10 bits per heavy atom. The Bertz CT molecular complexity index is 582. The second-order valence-electron chi connectivity index (χ2n) is 5.17. The Morgan fingerprint density at radius 2 is 2.35 bits per heavy atom. The fourth-order valence-corrected chi connectivity index (χ4v) is 2.40. The molecule has 0 spiro atoms. The van der Waals surface area contributed by atoms with Crippen molar-refractivity contribution in [2.45, 2.75) is 26.5 Å². The largest absolute Gasteiger partial charge is 0.368 e. The van der Waals surface area contributed by atoms with Gasteiger partial charge in [0.05, 0.1) is 12.8 Å². The van der Waals surface area contributed by atoms with Crippen molar-refractivity contribution < 1.29 is 4.74 Å². The van der Waals surface area contributed by atoms with Gasteiger partial charge >= 0.3 is 0 Å². The van der Waals surface area contributed by atoms with E-state index in [0.717, 1.165) is 36.8 Å². The summed E-state index contributed by atoms with van der Waals surface area (Å²) in [5, 5.41) is 7.04. The monoisotopic (exact) mass is 273 g/mol. The highest BCUT2D eigenvalue weighted by atomic mass is 16.5. The number of hydrogen-bond acceptors (Lipinski definition) is 5. The van der Waals surface area contributed by atoms with Crippen LogP contribution in [-0.2, 0) is 11.3 Å². The fraction of sp³-hybridized carbons (Fsp3) is 0.500. The number of nitrogens with one attached hydrogen (secondary N) is 1. The van der Waals surface area contributed by atoms with Crippen LogP contribution in [0.3, 0.4) is 0 Å². The minimum atomic E-state index is -0.0455. The quantitative estimate of drug-likeness (QED) is 0.915. The first-order valence-electron chi connectivity index (χ1n) is 6.85. The summed E-state index contributed by atoms with van der Waals surface area (Å²) >= 11 is 0. The van der Waals surface area contributed by atoms with Crippen LogP contribution in [0.2, 0.25) is 0 Å². The van der Waals surface area contributed by atoms with Gasteiger partial charge in [-0.2, -0.15) is 5.10 Å². The van der Waals surface area contributed by atoms with Crippen LogP contribution in [-0.4, -0.2) is 44.8 Å². The molecule has 1 N–H and O–H groups in total. The van der Waals surface area contributed by atoms with Gasteiger partial charge in [-0.25, -0.2) is 9.97 Å². The predicted octanol–water partition coefficient (Wildman–Crippen LogP) is 1.39. The number of ether oxygens (including phenoxy) is 1. The Balaban J connectivity index is 1.69. The van der Waals surface area contributed by atoms with Gasteiger partial charge in [0.2, 0.25) is 0 Å². The minimum Gasteiger partial charge on any atom is -0.368 e. The molecule has 3 rings (SSSR count). The normalized spacial score (nSPS) is 20.2. The molecule has 0 aromatic carbocycles. The standard InChI is InChI=1S/C14H19N5O/c1-10-3-4-15-14(17-10)13-9-19(5-6-20-13)8-12-7-16-18-11(12)2/h3-4,7,13H,5-6,8-9H2,1-2H3,(H,16,18). The molecule has 20 heavy (non-hydrogen) atoms. The van der Waals surface area contributed by atoms with Crippen molar-refractivity contribution in [2.24, 2.45) is 0 Å². The Morgan fingerprint density at radius 1 is 1.45 bits per heavy atom. The third-order valence-corrected chi connectivity index (χ3v) is 3.58. The van der Waals surface area contributed by atoms with Crippen molar-refractivity contribution in [1.29, 1.82) is 0 Å². The van der Waals surface area contributed by atoms with E-state index in [0.29, 0.717) is 6.61 Å². The zero-order valence-corrected chi connectivity index (χ0v) is 11.8. The van der Waals surface area contributed by atoms with Crippen LogP contribution in [0.25, 0.3) is 0 Å². The average molecular weight is 273 g/mol. The fourth-order valence-electron chi connectivity index (χ4n) is 2.40. The van der Waals surface area contributed by atoms with Gasteiger partial charge in [0.25, 0.3) is 0 Å². The van der Waals surface area contributed by atoms with Gasteiger partial charge in [0.1, 0.15) is 6.10 Å². The molecule has 0 saturated carbocycles. The van der Waals surface area contributed by atoms with E-state index in [1.54, 1.807) is 6.20 Å². The Labute approximate surface area is 118 Å². The van der Waals surface area contributed by atoms with Crippen molar-refractivity contribution in [3.8, 4) is 0 Å². The summed E-state index contributed by atoms with van der Waals surface area (Å²) in [6, 6.07) is 1.90. The summed E-state index contributed by atoms with van der Waals surface area (Å²) in [7, 11) is 0. The lowest BCUT2D eigenvalue weighted by Gasteiger charge is -2.32. The van der Waals surface area contributed by atoms with Crippen molar-refractivity contribution in [1.82, 2.24) is 25.1 Å². The number of morpholine rings is 1. The summed E-state index contributed by atoms with van der Waals surface area (Å²) < 4.78 is 5.81. The molecular weight excluding hydrogens is 254 g/mol. The smallest absolute Gasteiger partial charge is 0.158 e. The van der Waals surface area contributed by atoms with E-state index in [2.05, 4.69) is 25.1 Å². The molecule has 1 fully saturated rings. The number of nitrogens with zero attached hydrogens (tertiary/aromatic N) is 4. The van der Waals surface area contributed by atoms with E-state index in [-0.39, 0.29) is 6.10 Å². The maximum atomic E-state index is 5.81. The van der Waals surface area contributed by atoms with E-state index >= 15 is 0 Å². The summed E-state index contributed by atoms with van der Waals surface area (Å²) in [4.78, 5) is 11.2. The van der Waals surface area contributed by atoms with E-state index in [9.17, 15) is 0 Å². The van der Waals surface area contributed by atoms with Crippen molar-refractivity contribution >= 4 is 0 Å². The average Bonchev–Trinajstić information content (AvgIpc) is 2.85. The minimum absolute atomic E-state index is 0.0455. The molecular formula is C14H19N5O. The first-order chi connectivity index (χ1) is 9.72. The molecule has 0 radical (unpaired) electrons. The maximum Gasteiger partial charge on any atom is 0.158 e. The Hall–Kier alpha value is -1.79. The lowest BCUT2D eigenvalue weighted by atomic mass is 10.2. The molecule has 1 aliphatic heterocycles. The maximum absolute atomic E-state index is 5.81. The van der Waals surface area contributed by atoms with Gasteiger partial charge in [-0.1, -0.05) is 0 Å². The molecule has 1 saturated heterocycles. The van der Waals surface area contributed by atoms with Crippen molar-refractivity contribution in [3.05, 3.63) is 41.2 Å². The van der Waals surface area contributed by atoms with E-state index < -0.39 is 0 Å². The van der Waals surface area contributed by atoms with Gasteiger partial charge in [0.15, 0.2) is 5.82 Å². The molecule has 2 aromatic heterocycles. The first-order valence-corrected chi connectivity index (χ1v) is 6.85. The van der Waals surface area contributed by atoms with Crippen LogP contribution in [0.15, 0.2) is 18.5 Å². The van der Waals surface area contributed by atoms with Gasteiger partial charge in [-0.3, -0.25) is 10.00 Å². The van der Waals surface area contributed by atoms with Gasteiger partial charge in [-0.05, 0) is 19.9 Å². The summed E-state index contributed by atoms with van der Waals surface area (Å²) in [6.07, 6.45) is 3.64. The summed E-state index contributed by atoms with van der Waals surface area (Å²) in [5.74, 6) is 0.776. The highest BCUT2D eigenvalue weighted by Gasteiger charge is 2.24. The number of aryl methyl sites for hydroxylation is 2. The predicted molar refractivity (Wildman–Crippen MR) is 74.1 cm³/mol. The number of rotatable bonds is 3. The molecule has 6 heteroatoms. The number of hydrogen-bond donors (Lipinski definition) is 1. The van der Waals surface area contributed by atoms with Crippen molar-refractivity contribution in [3.63, 3.8) is 0 Å². The lowest BCUT2D eigenvalue weighted by Crippen LogP contribution is -2.38. The molecule has 0 amide bonds. The number of aromatic nitrogens is 4. The van der Waals surface area contributed by atoms with Gasteiger partial charge in [-0.15, -0.1) is 0 Å². The van der Waals surface area contributed by atoms with E-state index in [1.165, 1.54) is 5.56 Å². The zero-order chi connectivity index (χ0) is 13.9. The molecule has 0 bridgehead atoms. The van der Waals surface area contributed by atoms with Gasteiger partial charge < -0.3 is 4.74 Å². The SMILES string of the molecule is Cc1ccnc(C2CN(Cc3cn[nH]c3C)CCO2)n1. The highest BCUT2D eigenvalue weighted by molar-refractivity contribution is 5.14. The molecule has 1 unspecified atom stereocenters. The molecule has 2 aromatic rings. The number of H-pyrrole nitrogens is 1. The van der Waals surface area contributed by atoms with E-state index in [1.807, 2.05) is 26.1 Å². The van der Waals surface area contributed by atoms with Crippen LogP contribution >= 0.6 is 0 Å². The van der Waals surface area contributed by atoms with Crippen LogP contribution in [0.1, 0.15) is 28.9 Å². The lowest BCUT2D eigenvalue weighted by molar-refractivity contribution is -0.0373. The van der Waals surface area contributed by atoms with Gasteiger partial charge in [0, 0.05) is 42.8 Å². The summed E-state index contributed by atoms with van der Waals surface area (Å²) in [5.41, 5.74) is 3.33. The van der Waals surface area contributed by atoms with Crippen molar-refractivity contribution in [2.75, 3.05) is 19.7 Å². The first kappa shape index (κ1) is 13.2. The van der Waals surface area contributed by atoms with E-state index in [4.69, 9.17) is 4.74 Å². The molecule has 3 heterocycles. The van der Waals surface area contributed by atoms with Crippen LogP contribution in [0.5, 0.6) is 0 Å². The topological polar surface area (TPSA) is 66.9 Å². The third-order valence-electron chi connectivity index (χ3n) is 3.58. The third kappa shape index (κ3) is 2.86. The van der Waals surface area contributed by atoms with Crippen LogP contribution < -0.4 is 0 Å². The highest BCUT2D eigenvalue weighted by Crippen LogP contribution is 2.20.